The minimum atomic E-state index is -3.94. The van der Waals surface area contributed by atoms with Crippen LogP contribution < -0.4 is 23.5 Å². The molecule has 0 saturated carbocycles. The maximum absolute atomic E-state index is 10.0. The molecular weight excluding hydrogens is 251 g/mol. The molecule has 0 spiro atoms. The van der Waals surface area contributed by atoms with Crippen molar-refractivity contribution in [2.45, 2.75) is 0 Å². The Bertz CT molecular complexity index is 163. The molecule has 2 amide bonds. The summed E-state index contributed by atoms with van der Waals surface area (Å²) < 4.78 is 13.8. The van der Waals surface area contributed by atoms with E-state index < -0.39 is 12.8 Å². The number of hydrogen-bond donors (Lipinski definition) is 6. The molecule has 0 fully saturated rings. The average molecular weight is 266 g/mol. The van der Waals surface area contributed by atoms with Crippen molar-refractivity contribution in [1.29, 1.82) is 0 Å². The summed E-state index contributed by atoms with van der Waals surface area (Å²) in [5.41, 5.74) is 5.89. The van der Waals surface area contributed by atoms with Gasteiger partial charge in [-0.1, -0.05) is 12.2 Å². The van der Waals surface area contributed by atoms with Crippen molar-refractivity contribution in [2.75, 3.05) is 0 Å². The van der Waals surface area contributed by atoms with Crippen LogP contribution in [0, 0.1) is 0 Å². The first-order chi connectivity index (χ1) is 3.92. The van der Waals surface area contributed by atoms with Crippen molar-refractivity contribution < 1.29 is 24.4 Å². The Hall–Kier alpha value is 0.910. The van der Waals surface area contributed by atoms with Gasteiger partial charge in [0.1, 0.15) is 0 Å². The standard InChI is InChI=1S/CH5N2O4PS.Ca.2H3N.H2O.2H/c2-1(4)3-7-8(5,6)9;;;;;;/h(H3,2,3,4)(H2,5,6,9);;2*1H3;1H2;;. The zero-order valence-corrected chi connectivity index (χ0v) is 7.85. The van der Waals surface area contributed by atoms with Crippen molar-refractivity contribution in [3.8, 4) is 0 Å². The number of urea groups is 1. The van der Waals surface area contributed by atoms with Crippen molar-refractivity contribution in [3.63, 3.8) is 0 Å². The van der Waals surface area contributed by atoms with Crippen LogP contribution in [0.4, 0.5) is 4.79 Å². The molecule has 0 rings (SSSR count). The van der Waals surface area contributed by atoms with Crippen molar-refractivity contribution in [3.05, 3.63) is 0 Å². The van der Waals surface area contributed by atoms with Gasteiger partial charge in [0.15, 0.2) is 0 Å². The Morgan fingerprint density at radius 3 is 1.92 bits per heavy atom. The van der Waals surface area contributed by atoms with Gasteiger partial charge in [-0.15, -0.1) is 0 Å². The number of amides is 2. The monoisotopic (exact) mass is 266 g/mol. The van der Waals surface area contributed by atoms with Crippen LogP contribution in [0.25, 0.3) is 0 Å². The van der Waals surface area contributed by atoms with Crippen LogP contribution >= 0.6 is 19.0 Å². The summed E-state index contributed by atoms with van der Waals surface area (Å²) in [6, 6.07) is -1.06. The van der Waals surface area contributed by atoms with E-state index in [2.05, 4.69) is 22.6 Å². The van der Waals surface area contributed by atoms with Gasteiger partial charge < -0.3 is 28.4 Å². The van der Waals surface area contributed by atoms with E-state index in [1.54, 1.807) is 0 Å². The first-order valence-corrected chi connectivity index (χ1v) is 4.44. The van der Waals surface area contributed by atoms with Gasteiger partial charge in [0, 0.05) is 0 Å². The predicted molar refractivity (Wildman–Crippen MR) is 54.8 cm³/mol. The topological polar surface area (TPSA) is 203 Å². The number of carbonyl (C=O) groups is 1. The molecule has 1 atom stereocenters. The Labute approximate surface area is 110 Å². The van der Waals surface area contributed by atoms with Crippen LogP contribution in [-0.4, -0.2) is 54.1 Å². The van der Waals surface area contributed by atoms with E-state index in [0.29, 0.717) is 0 Å². The second-order valence-corrected chi connectivity index (χ2v) is 3.73. The maximum atomic E-state index is 10.0. The van der Waals surface area contributed by atoms with E-state index in [0.717, 1.165) is 0 Å². The SMILES string of the molecule is N.N.NC(=O)NOP(=O)(O)S.O.[CaH2]. The van der Waals surface area contributed by atoms with Gasteiger partial charge in [-0.2, -0.15) is 4.62 Å². The summed E-state index contributed by atoms with van der Waals surface area (Å²) in [6.45, 7) is -3.94. The number of thiol groups is 1. The van der Waals surface area contributed by atoms with Crippen LogP contribution in [0.15, 0.2) is 0 Å². The van der Waals surface area contributed by atoms with Gasteiger partial charge in [0.2, 0.25) is 0 Å². The van der Waals surface area contributed by atoms with Crippen LogP contribution in [0.5, 0.6) is 0 Å². The summed E-state index contributed by atoms with van der Waals surface area (Å²) in [6.07, 6.45) is 0. The Morgan fingerprint density at radius 1 is 1.54 bits per heavy atom. The van der Waals surface area contributed by atoms with Gasteiger partial charge in [0.05, 0.1) is 0 Å². The van der Waals surface area contributed by atoms with Crippen LogP contribution in [0.1, 0.15) is 0 Å². The molecule has 0 radical (unpaired) electrons. The fourth-order valence-corrected chi connectivity index (χ4v) is 0.436. The zero-order valence-electron chi connectivity index (χ0n) is 6.06. The number of primary amides is 1. The molecule has 0 aliphatic carbocycles. The number of carbonyl (C=O) groups excluding carboxylic acids is 1. The summed E-state index contributed by atoms with van der Waals surface area (Å²) in [4.78, 5) is 18.0. The molecule has 12 N–H and O–H groups in total. The molecule has 82 valence electrons. The van der Waals surface area contributed by atoms with Gasteiger partial charge in [-0.05, 0) is 0 Å². The molecule has 0 bridgehead atoms. The molecule has 0 heterocycles. The first-order valence-electron chi connectivity index (χ1n) is 1.71. The number of hydrogen-bond acceptors (Lipinski definition) is 5. The molecule has 13 heavy (non-hydrogen) atoms. The van der Waals surface area contributed by atoms with Crippen LogP contribution in [-0.2, 0) is 9.19 Å². The average Bonchev–Trinajstić information content (AvgIpc) is 1.59. The summed E-state index contributed by atoms with van der Waals surface area (Å²) in [5, 5.41) is 0. The Kier molecular flexibility index (Phi) is 29.0. The van der Waals surface area contributed by atoms with E-state index >= 15 is 0 Å². The molecular formula is CH15CaN4O5PS. The molecule has 12 heteroatoms. The molecule has 0 saturated heterocycles. The Balaban J connectivity index is -0.0000000533. The Morgan fingerprint density at radius 2 is 1.85 bits per heavy atom. The predicted octanol–water partition coefficient (Wildman–Crippen LogP) is -1.80. The minimum absolute atomic E-state index is 0. The fourth-order valence-electron chi connectivity index (χ4n) is 0.104. The molecule has 0 aromatic carbocycles. The van der Waals surface area contributed by atoms with Crippen molar-refractivity contribution in [1.82, 2.24) is 17.8 Å². The quantitative estimate of drug-likeness (QED) is 0.147. The van der Waals surface area contributed by atoms with Crippen molar-refractivity contribution in [2.24, 2.45) is 5.73 Å². The third-order valence-electron chi connectivity index (χ3n) is 0.265. The molecule has 9 nitrogen and oxygen atoms in total. The number of rotatable bonds is 2. The summed E-state index contributed by atoms with van der Waals surface area (Å²) in [7, 11) is 0. The van der Waals surface area contributed by atoms with E-state index in [1.165, 1.54) is 5.48 Å². The second-order valence-electron chi connectivity index (χ2n) is 1.05. The molecule has 0 aromatic rings. The van der Waals surface area contributed by atoms with E-state index in [-0.39, 0.29) is 55.5 Å². The molecule has 0 aliphatic heterocycles. The molecule has 0 aliphatic rings. The van der Waals surface area contributed by atoms with E-state index in [9.17, 15) is 9.36 Å². The van der Waals surface area contributed by atoms with Crippen LogP contribution in [0.2, 0.25) is 0 Å². The molecule has 1 unspecified atom stereocenters. The first kappa shape index (κ1) is 29.2. The number of nitrogens with one attached hydrogen (secondary N) is 1. The van der Waals surface area contributed by atoms with E-state index in [4.69, 9.17) is 4.89 Å². The summed E-state index contributed by atoms with van der Waals surface area (Å²) >= 11 is 3.05. The third-order valence-corrected chi connectivity index (χ3v) is 0.839. The zero-order chi connectivity index (χ0) is 7.49. The number of hydroxylamine groups is 1. The van der Waals surface area contributed by atoms with Gasteiger partial charge in [-0.3, -0.25) is 0 Å². The van der Waals surface area contributed by atoms with Crippen LogP contribution in [0.3, 0.4) is 0 Å². The third kappa shape index (κ3) is 32.2. The van der Waals surface area contributed by atoms with Gasteiger partial charge in [-0.25, -0.2) is 14.8 Å². The normalized spacial score (nSPS) is 11.2. The second kappa shape index (κ2) is 12.9. The number of nitrogens with two attached hydrogens (primary N) is 1. The fraction of sp³-hybridized carbons (Fsp3) is 0. The van der Waals surface area contributed by atoms with Crippen molar-refractivity contribution >= 4 is 62.8 Å². The molecule has 0 aromatic heterocycles. The summed E-state index contributed by atoms with van der Waals surface area (Å²) in [5.74, 6) is 0. The van der Waals surface area contributed by atoms with Gasteiger partial charge >= 0.3 is 50.6 Å². The van der Waals surface area contributed by atoms with E-state index in [1.807, 2.05) is 0 Å². The van der Waals surface area contributed by atoms with Gasteiger partial charge in [0.25, 0.3) is 0 Å².